The normalized spacial score (nSPS) is 7.90. The summed E-state index contributed by atoms with van der Waals surface area (Å²) in [6.07, 6.45) is 2.26. The highest BCUT2D eigenvalue weighted by molar-refractivity contribution is 5.66. The van der Waals surface area contributed by atoms with E-state index in [1.807, 2.05) is 0 Å². The number of rotatable bonds is 3. The summed E-state index contributed by atoms with van der Waals surface area (Å²) in [7, 11) is 0. The summed E-state index contributed by atoms with van der Waals surface area (Å²) in [4.78, 5) is 9.37. The molecule has 0 saturated carbocycles. The molecule has 62 valence electrons. The summed E-state index contributed by atoms with van der Waals surface area (Å²) in [5.74, 6) is -0.745. The Balaban J connectivity index is 0. The molecule has 0 bridgehead atoms. The molecule has 3 nitrogen and oxygen atoms in total. The van der Waals surface area contributed by atoms with Crippen LogP contribution in [0.15, 0.2) is 0 Å². The largest absolute Gasteiger partial charge is 0.481 e. The molecule has 0 unspecified atom stereocenters. The Morgan fingerprint density at radius 2 is 1.80 bits per heavy atom. The van der Waals surface area contributed by atoms with Crippen LogP contribution in [-0.2, 0) is 4.79 Å². The van der Waals surface area contributed by atoms with E-state index in [1.165, 1.54) is 0 Å². The highest BCUT2D eigenvalue weighted by Gasteiger charge is 1.80. The van der Waals surface area contributed by atoms with Gasteiger partial charge in [-0.3, -0.25) is 4.79 Å². The van der Waals surface area contributed by atoms with Gasteiger partial charge < -0.3 is 10.2 Å². The van der Waals surface area contributed by atoms with Crippen molar-refractivity contribution in [3.05, 3.63) is 0 Å². The Labute approximate surface area is 61.7 Å². The SMILES string of the molecule is CCC(=O)O.CCCCO. The fourth-order valence-corrected chi connectivity index (χ4v) is 0.158. The Morgan fingerprint density at radius 1 is 1.40 bits per heavy atom. The molecule has 0 saturated heterocycles. The number of carboxylic acid groups (broad SMARTS) is 1. The zero-order valence-corrected chi connectivity index (χ0v) is 6.63. The average Bonchev–Trinajstić information content (AvgIpc) is 1.91. The highest BCUT2D eigenvalue weighted by atomic mass is 16.4. The van der Waals surface area contributed by atoms with E-state index in [9.17, 15) is 4.79 Å². The standard InChI is InChI=1S/C4H10O.C3H6O2/c1-2-3-4-5;1-2-3(4)5/h5H,2-4H2,1H3;2H2,1H3,(H,4,5). The Bertz CT molecular complexity index is 69.3. The van der Waals surface area contributed by atoms with Crippen LogP contribution >= 0.6 is 0 Å². The van der Waals surface area contributed by atoms with E-state index >= 15 is 0 Å². The maximum atomic E-state index is 9.37. The van der Waals surface area contributed by atoms with E-state index in [0.717, 1.165) is 12.8 Å². The summed E-state index contributed by atoms with van der Waals surface area (Å²) >= 11 is 0. The van der Waals surface area contributed by atoms with Crippen molar-refractivity contribution in [2.75, 3.05) is 6.61 Å². The minimum Gasteiger partial charge on any atom is -0.481 e. The molecule has 0 aromatic rings. The third-order valence-electron chi connectivity index (χ3n) is 0.814. The molecular formula is C7H16O3. The molecule has 0 aliphatic carbocycles. The van der Waals surface area contributed by atoms with Crippen molar-refractivity contribution in [3.8, 4) is 0 Å². The van der Waals surface area contributed by atoms with Crippen LogP contribution in [0.1, 0.15) is 33.1 Å². The number of aliphatic carboxylic acids is 1. The van der Waals surface area contributed by atoms with Gasteiger partial charge in [-0.2, -0.15) is 0 Å². The maximum Gasteiger partial charge on any atom is 0.303 e. The van der Waals surface area contributed by atoms with Gasteiger partial charge in [0.1, 0.15) is 0 Å². The number of aliphatic hydroxyl groups excluding tert-OH is 1. The van der Waals surface area contributed by atoms with Crippen molar-refractivity contribution >= 4 is 5.97 Å². The smallest absolute Gasteiger partial charge is 0.303 e. The van der Waals surface area contributed by atoms with Gasteiger partial charge in [-0.1, -0.05) is 20.3 Å². The molecule has 3 heteroatoms. The molecule has 0 aliphatic heterocycles. The molecule has 0 aliphatic rings. The van der Waals surface area contributed by atoms with Crippen LogP contribution in [-0.4, -0.2) is 22.8 Å². The minimum atomic E-state index is -0.745. The predicted octanol–water partition coefficient (Wildman–Crippen LogP) is 1.26. The van der Waals surface area contributed by atoms with E-state index in [2.05, 4.69) is 6.92 Å². The molecule has 0 atom stereocenters. The van der Waals surface area contributed by atoms with Crippen molar-refractivity contribution in [3.63, 3.8) is 0 Å². The Morgan fingerprint density at radius 3 is 1.80 bits per heavy atom. The van der Waals surface area contributed by atoms with Crippen LogP contribution in [0.4, 0.5) is 0 Å². The average molecular weight is 148 g/mol. The summed E-state index contributed by atoms with van der Waals surface area (Å²) in [5, 5.41) is 15.8. The van der Waals surface area contributed by atoms with Gasteiger partial charge in [0, 0.05) is 13.0 Å². The van der Waals surface area contributed by atoms with Gasteiger partial charge in [0.15, 0.2) is 0 Å². The first-order valence-corrected chi connectivity index (χ1v) is 3.51. The molecular weight excluding hydrogens is 132 g/mol. The quantitative estimate of drug-likeness (QED) is 0.633. The fraction of sp³-hybridized carbons (Fsp3) is 0.857. The Kier molecular flexibility index (Phi) is 13.7. The van der Waals surface area contributed by atoms with Gasteiger partial charge in [-0.05, 0) is 6.42 Å². The molecule has 10 heavy (non-hydrogen) atoms. The van der Waals surface area contributed by atoms with E-state index in [-0.39, 0.29) is 6.42 Å². The lowest BCUT2D eigenvalue weighted by Gasteiger charge is -1.79. The second kappa shape index (κ2) is 11.3. The van der Waals surface area contributed by atoms with Crippen LogP contribution in [0, 0.1) is 0 Å². The number of unbranched alkanes of at least 4 members (excludes halogenated alkanes) is 1. The van der Waals surface area contributed by atoms with Crippen LogP contribution in [0.25, 0.3) is 0 Å². The van der Waals surface area contributed by atoms with Crippen LogP contribution in [0.3, 0.4) is 0 Å². The molecule has 0 aromatic heterocycles. The molecule has 0 rings (SSSR count). The lowest BCUT2D eigenvalue weighted by molar-refractivity contribution is -0.136. The monoisotopic (exact) mass is 148 g/mol. The number of carbonyl (C=O) groups is 1. The van der Waals surface area contributed by atoms with Gasteiger partial charge in [0.05, 0.1) is 0 Å². The van der Waals surface area contributed by atoms with Crippen molar-refractivity contribution in [2.24, 2.45) is 0 Å². The second-order valence-corrected chi connectivity index (χ2v) is 1.82. The van der Waals surface area contributed by atoms with Gasteiger partial charge in [0.2, 0.25) is 0 Å². The molecule has 0 amide bonds. The van der Waals surface area contributed by atoms with Crippen molar-refractivity contribution < 1.29 is 15.0 Å². The third kappa shape index (κ3) is 26.1. The van der Waals surface area contributed by atoms with Crippen LogP contribution < -0.4 is 0 Å². The van der Waals surface area contributed by atoms with Gasteiger partial charge in [-0.25, -0.2) is 0 Å². The van der Waals surface area contributed by atoms with Gasteiger partial charge in [-0.15, -0.1) is 0 Å². The fourth-order valence-electron chi connectivity index (χ4n) is 0.158. The van der Waals surface area contributed by atoms with Crippen LogP contribution in [0.5, 0.6) is 0 Å². The second-order valence-electron chi connectivity index (χ2n) is 1.82. The van der Waals surface area contributed by atoms with Crippen molar-refractivity contribution in [1.29, 1.82) is 0 Å². The zero-order chi connectivity index (χ0) is 8.41. The van der Waals surface area contributed by atoms with Crippen molar-refractivity contribution in [2.45, 2.75) is 33.1 Å². The van der Waals surface area contributed by atoms with Crippen LogP contribution in [0.2, 0.25) is 0 Å². The lowest BCUT2D eigenvalue weighted by atomic mass is 10.4. The molecule has 0 spiro atoms. The molecule has 0 radical (unpaired) electrons. The first-order chi connectivity index (χ1) is 4.68. The number of hydrogen-bond acceptors (Lipinski definition) is 2. The summed E-state index contributed by atoms with van der Waals surface area (Å²) in [5.41, 5.74) is 0. The topological polar surface area (TPSA) is 57.5 Å². The maximum absolute atomic E-state index is 9.37. The van der Waals surface area contributed by atoms with E-state index in [1.54, 1.807) is 6.92 Å². The summed E-state index contributed by atoms with van der Waals surface area (Å²) in [6, 6.07) is 0. The highest BCUT2D eigenvalue weighted by Crippen LogP contribution is 1.78. The zero-order valence-electron chi connectivity index (χ0n) is 6.63. The lowest BCUT2D eigenvalue weighted by Crippen LogP contribution is -1.86. The molecule has 2 N–H and O–H groups in total. The van der Waals surface area contributed by atoms with Gasteiger partial charge in [0.25, 0.3) is 0 Å². The van der Waals surface area contributed by atoms with E-state index < -0.39 is 5.97 Å². The van der Waals surface area contributed by atoms with E-state index in [4.69, 9.17) is 10.2 Å². The molecule has 0 aromatic carbocycles. The first-order valence-electron chi connectivity index (χ1n) is 3.51. The van der Waals surface area contributed by atoms with E-state index in [0.29, 0.717) is 6.61 Å². The summed E-state index contributed by atoms with van der Waals surface area (Å²) in [6.45, 7) is 4.00. The molecule has 0 heterocycles. The molecule has 0 fully saturated rings. The van der Waals surface area contributed by atoms with Gasteiger partial charge >= 0.3 is 5.97 Å². The minimum absolute atomic E-state index is 0.222. The predicted molar refractivity (Wildman–Crippen MR) is 39.9 cm³/mol. The third-order valence-corrected chi connectivity index (χ3v) is 0.814. The first kappa shape index (κ1) is 12.1. The van der Waals surface area contributed by atoms with Crippen molar-refractivity contribution in [1.82, 2.24) is 0 Å². The summed E-state index contributed by atoms with van der Waals surface area (Å²) < 4.78 is 0. The number of carboxylic acids is 1. The number of hydrogen-bond donors (Lipinski definition) is 2. The Hall–Kier alpha value is -0.570. The number of aliphatic hydroxyl groups is 1.